The van der Waals surface area contributed by atoms with Crippen LogP contribution in [0.5, 0.6) is 0 Å². The van der Waals surface area contributed by atoms with Crippen LogP contribution in [0, 0.1) is 11.8 Å². The largest absolute Gasteiger partial charge is 0.465 e. The standard InChI is InChI=1S/C21H35NO3S/c1-4-6-18(7-5-13-23)22(15-17-10-8-16(2)9-11-17)19-12-14-26-20(19)21(24)25-3/h12,14,16-18,23H,4-11,13,15H2,1-3H3. The number of methoxy groups -OCH3 is 1. The average Bonchev–Trinajstić information content (AvgIpc) is 3.13. The van der Waals surface area contributed by atoms with Crippen LogP contribution in [-0.2, 0) is 4.74 Å². The molecule has 1 saturated carbocycles. The van der Waals surface area contributed by atoms with E-state index < -0.39 is 0 Å². The molecule has 1 atom stereocenters. The van der Waals surface area contributed by atoms with Crippen LogP contribution in [0.1, 0.15) is 74.9 Å². The highest BCUT2D eigenvalue weighted by molar-refractivity contribution is 7.12. The van der Waals surface area contributed by atoms with Gasteiger partial charge in [-0.1, -0.05) is 33.1 Å². The number of rotatable bonds is 10. The molecule has 1 heterocycles. The molecule has 5 heteroatoms. The molecular weight excluding hydrogens is 346 g/mol. The molecule has 148 valence electrons. The summed E-state index contributed by atoms with van der Waals surface area (Å²) in [6.07, 6.45) is 9.11. The van der Waals surface area contributed by atoms with Gasteiger partial charge in [-0.3, -0.25) is 0 Å². The summed E-state index contributed by atoms with van der Waals surface area (Å²) < 4.78 is 5.02. The van der Waals surface area contributed by atoms with Crippen molar-refractivity contribution in [2.75, 3.05) is 25.2 Å². The zero-order valence-electron chi connectivity index (χ0n) is 16.6. The topological polar surface area (TPSA) is 49.8 Å². The summed E-state index contributed by atoms with van der Waals surface area (Å²) in [5.41, 5.74) is 1.02. The van der Waals surface area contributed by atoms with Crippen molar-refractivity contribution in [3.63, 3.8) is 0 Å². The Morgan fingerprint density at radius 3 is 2.69 bits per heavy atom. The van der Waals surface area contributed by atoms with Crippen LogP contribution in [-0.4, -0.2) is 37.4 Å². The highest BCUT2D eigenvalue weighted by Gasteiger charge is 2.28. The fraction of sp³-hybridized carbons (Fsp3) is 0.762. The Bertz CT molecular complexity index is 537. The maximum atomic E-state index is 12.3. The Morgan fingerprint density at radius 2 is 2.08 bits per heavy atom. The minimum absolute atomic E-state index is 0.225. The molecule has 0 aromatic carbocycles. The van der Waals surface area contributed by atoms with E-state index >= 15 is 0 Å². The second kappa shape index (κ2) is 10.9. The van der Waals surface area contributed by atoms with E-state index in [-0.39, 0.29) is 12.6 Å². The van der Waals surface area contributed by atoms with Crippen LogP contribution in [0.25, 0.3) is 0 Å². The Morgan fingerprint density at radius 1 is 1.35 bits per heavy atom. The molecule has 1 aliphatic carbocycles. The van der Waals surface area contributed by atoms with Gasteiger partial charge in [0.1, 0.15) is 4.88 Å². The molecule has 0 bridgehead atoms. The summed E-state index contributed by atoms with van der Waals surface area (Å²) in [7, 11) is 1.45. The molecule has 1 aliphatic rings. The summed E-state index contributed by atoms with van der Waals surface area (Å²) in [6, 6.07) is 2.44. The molecule has 0 amide bonds. The molecule has 1 aromatic heterocycles. The van der Waals surface area contributed by atoms with Gasteiger partial charge in [0.2, 0.25) is 0 Å². The molecule has 1 aromatic rings. The lowest BCUT2D eigenvalue weighted by molar-refractivity contribution is 0.0606. The Labute approximate surface area is 162 Å². The molecule has 0 radical (unpaired) electrons. The number of carbonyl (C=O) groups excluding carboxylic acids is 1. The molecule has 0 saturated heterocycles. The van der Waals surface area contributed by atoms with Gasteiger partial charge in [-0.15, -0.1) is 11.3 Å². The van der Waals surface area contributed by atoms with Crippen molar-refractivity contribution in [1.29, 1.82) is 0 Å². The predicted molar refractivity (Wildman–Crippen MR) is 109 cm³/mol. The molecule has 1 N–H and O–H groups in total. The maximum Gasteiger partial charge on any atom is 0.350 e. The highest BCUT2D eigenvalue weighted by Crippen LogP contribution is 2.35. The third-order valence-electron chi connectivity index (χ3n) is 5.67. The van der Waals surface area contributed by atoms with E-state index in [4.69, 9.17) is 4.74 Å². The molecule has 4 nitrogen and oxygen atoms in total. The number of carbonyl (C=O) groups is 1. The number of ether oxygens (including phenoxy) is 1. The number of esters is 1. The van der Waals surface area contributed by atoms with E-state index in [0.717, 1.165) is 43.8 Å². The third-order valence-corrected chi connectivity index (χ3v) is 6.56. The molecule has 26 heavy (non-hydrogen) atoms. The van der Waals surface area contributed by atoms with E-state index in [1.165, 1.54) is 44.1 Å². The monoisotopic (exact) mass is 381 g/mol. The number of nitrogens with zero attached hydrogens (tertiary/aromatic N) is 1. The fourth-order valence-electron chi connectivity index (χ4n) is 4.12. The molecular formula is C21H35NO3S. The van der Waals surface area contributed by atoms with Crippen molar-refractivity contribution in [3.8, 4) is 0 Å². The van der Waals surface area contributed by atoms with Gasteiger partial charge < -0.3 is 14.7 Å². The number of thiophene rings is 1. The zero-order valence-corrected chi connectivity index (χ0v) is 17.4. The normalized spacial score (nSPS) is 21.4. The lowest BCUT2D eigenvalue weighted by atomic mass is 9.82. The van der Waals surface area contributed by atoms with Crippen molar-refractivity contribution >= 4 is 23.0 Å². The van der Waals surface area contributed by atoms with Crippen LogP contribution in [0.2, 0.25) is 0 Å². The van der Waals surface area contributed by atoms with Crippen LogP contribution >= 0.6 is 11.3 Å². The van der Waals surface area contributed by atoms with Crippen molar-refractivity contribution < 1.29 is 14.6 Å². The predicted octanol–water partition coefficient (Wildman–Crippen LogP) is 5.11. The minimum atomic E-state index is -0.241. The molecule has 0 spiro atoms. The van der Waals surface area contributed by atoms with Crippen LogP contribution < -0.4 is 4.90 Å². The van der Waals surface area contributed by atoms with Crippen molar-refractivity contribution in [2.45, 2.75) is 71.3 Å². The number of aliphatic hydroxyl groups is 1. The van der Waals surface area contributed by atoms with Crippen LogP contribution in [0.4, 0.5) is 5.69 Å². The van der Waals surface area contributed by atoms with Gasteiger partial charge >= 0.3 is 5.97 Å². The molecule has 2 rings (SSSR count). The van der Waals surface area contributed by atoms with Gasteiger partial charge in [0.15, 0.2) is 0 Å². The number of hydrogen-bond acceptors (Lipinski definition) is 5. The Hall–Kier alpha value is -1.07. The number of aliphatic hydroxyl groups excluding tert-OH is 1. The van der Waals surface area contributed by atoms with Crippen LogP contribution in [0.3, 0.4) is 0 Å². The third kappa shape index (κ3) is 5.71. The first-order chi connectivity index (χ1) is 12.6. The summed E-state index contributed by atoms with van der Waals surface area (Å²) >= 11 is 1.47. The lowest BCUT2D eigenvalue weighted by Crippen LogP contribution is -2.40. The Balaban J connectivity index is 2.24. The van der Waals surface area contributed by atoms with Gasteiger partial charge in [0.05, 0.1) is 12.8 Å². The second-order valence-corrected chi connectivity index (χ2v) is 8.63. The minimum Gasteiger partial charge on any atom is -0.465 e. The van der Waals surface area contributed by atoms with Gasteiger partial charge in [-0.25, -0.2) is 4.79 Å². The molecule has 0 aliphatic heterocycles. The summed E-state index contributed by atoms with van der Waals surface area (Å²) in [6.45, 7) is 5.79. The SMILES string of the molecule is CCCC(CCCO)N(CC1CCC(C)CC1)c1ccsc1C(=O)OC. The first-order valence-corrected chi connectivity index (χ1v) is 11.0. The summed E-state index contributed by atoms with van der Waals surface area (Å²) in [5.74, 6) is 1.28. The molecule has 1 unspecified atom stereocenters. The van der Waals surface area contributed by atoms with Crippen molar-refractivity contribution in [2.24, 2.45) is 11.8 Å². The highest BCUT2D eigenvalue weighted by atomic mass is 32.1. The van der Waals surface area contributed by atoms with E-state index in [1.807, 2.05) is 5.38 Å². The second-order valence-electron chi connectivity index (χ2n) is 7.71. The first-order valence-electron chi connectivity index (χ1n) is 10.1. The molecule has 1 fully saturated rings. The first kappa shape index (κ1) is 21.2. The number of anilines is 1. The van der Waals surface area contributed by atoms with E-state index in [9.17, 15) is 9.90 Å². The van der Waals surface area contributed by atoms with Crippen molar-refractivity contribution in [3.05, 3.63) is 16.3 Å². The maximum absolute atomic E-state index is 12.3. The lowest BCUT2D eigenvalue weighted by Gasteiger charge is -2.38. The fourth-order valence-corrected chi connectivity index (χ4v) is 4.94. The van der Waals surface area contributed by atoms with E-state index in [2.05, 4.69) is 24.8 Å². The van der Waals surface area contributed by atoms with Crippen molar-refractivity contribution in [1.82, 2.24) is 0 Å². The smallest absolute Gasteiger partial charge is 0.350 e. The zero-order chi connectivity index (χ0) is 18.9. The van der Waals surface area contributed by atoms with Gasteiger partial charge in [0.25, 0.3) is 0 Å². The van der Waals surface area contributed by atoms with E-state index in [1.54, 1.807) is 0 Å². The van der Waals surface area contributed by atoms with E-state index in [0.29, 0.717) is 16.8 Å². The Kier molecular flexibility index (Phi) is 8.93. The van der Waals surface area contributed by atoms with Crippen LogP contribution in [0.15, 0.2) is 11.4 Å². The summed E-state index contributed by atoms with van der Waals surface area (Å²) in [4.78, 5) is 15.4. The van der Waals surface area contributed by atoms with Gasteiger partial charge in [-0.05, 0) is 55.4 Å². The summed E-state index contributed by atoms with van der Waals surface area (Å²) in [5, 5.41) is 11.3. The van der Waals surface area contributed by atoms with Gasteiger partial charge in [-0.2, -0.15) is 0 Å². The number of hydrogen-bond donors (Lipinski definition) is 1. The average molecular weight is 382 g/mol. The van der Waals surface area contributed by atoms with Gasteiger partial charge in [0, 0.05) is 19.2 Å². The quantitative estimate of drug-likeness (QED) is 0.572.